The van der Waals surface area contributed by atoms with Crippen molar-refractivity contribution in [3.05, 3.63) is 0 Å². The normalized spacial score (nSPS) is 18.0. The van der Waals surface area contributed by atoms with Gasteiger partial charge in [-0.2, -0.15) is 5.26 Å². The number of carbonyl (C=O) groups excluding carboxylic acids is 1. The highest BCUT2D eigenvalue weighted by atomic mass is 16.5. The molecular formula is C14H24N2O3. The van der Waals surface area contributed by atoms with Crippen molar-refractivity contribution >= 4 is 5.91 Å². The molecule has 0 spiro atoms. The Kier molecular flexibility index (Phi) is 6.82. The zero-order chi connectivity index (χ0) is 14.1. The summed E-state index contributed by atoms with van der Waals surface area (Å²) < 4.78 is 10.6. The molecule has 1 heterocycles. The molecule has 5 heteroatoms. The molecule has 108 valence electrons. The van der Waals surface area contributed by atoms with Crippen molar-refractivity contribution in [3.63, 3.8) is 0 Å². The second-order valence-corrected chi connectivity index (χ2v) is 5.19. The molecule has 0 atom stereocenters. The first-order valence-electron chi connectivity index (χ1n) is 6.99. The van der Waals surface area contributed by atoms with Crippen molar-refractivity contribution < 1.29 is 14.3 Å². The number of rotatable bonds is 7. The molecule has 1 amide bonds. The van der Waals surface area contributed by atoms with Gasteiger partial charge >= 0.3 is 0 Å². The van der Waals surface area contributed by atoms with E-state index in [1.807, 2.05) is 13.8 Å². The largest absolute Gasteiger partial charge is 0.381 e. The van der Waals surface area contributed by atoms with E-state index >= 15 is 0 Å². The van der Waals surface area contributed by atoms with Gasteiger partial charge in [0.15, 0.2) is 0 Å². The molecule has 0 aromatic heterocycles. The summed E-state index contributed by atoms with van der Waals surface area (Å²) in [6, 6.07) is 2.17. The fourth-order valence-electron chi connectivity index (χ4n) is 2.03. The molecule has 0 aromatic carbocycles. The quantitative estimate of drug-likeness (QED) is 0.712. The number of nitriles is 1. The number of carbonyl (C=O) groups is 1. The average Bonchev–Trinajstić information content (AvgIpc) is 2.42. The van der Waals surface area contributed by atoms with E-state index in [0.717, 1.165) is 12.8 Å². The van der Waals surface area contributed by atoms with Crippen LogP contribution >= 0.6 is 0 Å². The minimum atomic E-state index is -0.882. The molecule has 0 saturated carbocycles. The maximum atomic E-state index is 12.1. The summed E-state index contributed by atoms with van der Waals surface area (Å²) in [5.41, 5.74) is -0.882. The van der Waals surface area contributed by atoms with E-state index in [4.69, 9.17) is 9.47 Å². The van der Waals surface area contributed by atoms with Crippen molar-refractivity contribution in [1.82, 2.24) is 5.32 Å². The Labute approximate surface area is 115 Å². The van der Waals surface area contributed by atoms with Gasteiger partial charge in [-0.15, -0.1) is 0 Å². The monoisotopic (exact) mass is 268 g/mol. The first kappa shape index (κ1) is 15.9. The first-order valence-corrected chi connectivity index (χ1v) is 6.99. The summed E-state index contributed by atoms with van der Waals surface area (Å²) in [5, 5.41) is 12.1. The topological polar surface area (TPSA) is 71.3 Å². The van der Waals surface area contributed by atoms with E-state index in [1.54, 1.807) is 0 Å². The van der Waals surface area contributed by atoms with E-state index in [2.05, 4.69) is 11.4 Å². The van der Waals surface area contributed by atoms with Crippen molar-refractivity contribution in [2.45, 2.75) is 45.6 Å². The molecule has 1 fully saturated rings. The van der Waals surface area contributed by atoms with E-state index in [1.165, 1.54) is 0 Å². The molecular weight excluding hydrogens is 244 g/mol. The molecule has 1 N–H and O–H groups in total. The lowest BCUT2D eigenvalue weighted by molar-refractivity contribution is -0.132. The second-order valence-electron chi connectivity index (χ2n) is 5.19. The molecule has 0 unspecified atom stereocenters. The minimum absolute atomic E-state index is 0.150. The van der Waals surface area contributed by atoms with Gasteiger partial charge in [-0.25, -0.2) is 0 Å². The van der Waals surface area contributed by atoms with Crippen molar-refractivity contribution in [3.8, 4) is 6.07 Å². The molecule has 1 aliphatic rings. The number of nitrogens with one attached hydrogen (secondary N) is 1. The Hall–Kier alpha value is -1.12. The van der Waals surface area contributed by atoms with Gasteiger partial charge in [0.2, 0.25) is 5.91 Å². The van der Waals surface area contributed by atoms with E-state index in [0.29, 0.717) is 39.2 Å². The summed E-state index contributed by atoms with van der Waals surface area (Å²) in [7, 11) is 0. The number of amides is 1. The number of nitrogens with zero attached hydrogens (tertiary/aromatic N) is 1. The van der Waals surface area contributed by atoms with Gasteiger partial charge in [-0.1, -0.05) is 0 Å². The van der Waals surface area contributed by atoms with Gasteiger partial charge < -0.3 is 14.8 Å². The predicted octanol–water partition coefficient (Wildman–Crippen LogP) is 1.63. The molecule has 0 aliphatic carbocycles. The fraction of sp³-hybridized carbons (Fsp3) is 0.857. The molecule has 1 aliphatic heterocycles. The summed E-state index contributed by atoms with van der Waals surface area (Å²) >= 11 is 0. The number of ether oxygens (including phenoxy) is 2. The zero-order valence-corrected chi connectivity index (χ0v) is 11.9. The molecule has 1 rings (SSSR count). The highest BCUT2D eigenvalue weighted by Crippen LogP contribution is 2.29. The van der Waals surface area contributed by atoms with Gasteiger partial charge in [0.25, 0.3) is 0 Å². The van der Waals surface area contributed by atoms with Gasteiger partial charge in [0, 0.05) is 26.4 Å². The highest BCUT2D eigenvalue weighted by molar-refractivity contribution is 5.85. The van der Waals surface area contributed by atoms with E-state index < -0.39 is 5.41 Å². The second kappa shape index (κ2) is 8.13. The number of hydrogen-bond acceptors (Lipinski definition) is 4. The maximum absolute atomic E-state index is 12.1. The molecule has 19 heavy (non-hydrogen) atoms. The van der Waals surface area contributed by atoms with Gasteiger partial charge in [0.05, 0.1) is 12.2 Å². The average molecular weight is 268 g/mol. The lowest BCUT2D eigenvalue weighted by atomic mass is 9.81. The van der Waals surface area contributed by atoms with Crippen LogP contribution in [0.25, 0.3) is 0 Å². The predicted molar refractivity (Wildman–Crippen MR) is 71.4 cm³/mol. The van der Waals surface area contributed by atoms with Crippen molar-refractivity contribution in [2.75, 3.05) is 26.4 Å². The Balaban J connectivity index is 2.21. The summed E-state index contributed by atoms with van der Waals surface area (Å²) in [6.45, 7) is 6.30. The number of unbranched alkanes of at least 4 members (excludes halogenated alkanes) is 1. The smallest absolute Gasteiger partial charge is 0.240 e. The molecule has 1 saturated heterocycles. The Morgan fingerprint density at radius 1 is 1.42 bits per heavy atom. The zero-order valence-electron chi connectivity index (χ0n) is 11.9. The first-order chi connectivity index (χ1) is 9.10. The lowest BCUT2D eigenvalue weighted by Gasteiger charge is -2.29. The standard InChI is InChI=1S/C14H24N2O3/c1-12(2)19-8-4-3-7-16-13(17)14(11-15)5-9-18-10-6-14/h12H,3-10H2,1-2H3,(H,16,17). The summed E-state index contributed by atoms with van der Waals surface area (Å²) in [5.74, 6) is -0.150. The third-order valence-corrected chi connectivity index (χ3v) is 3.30. The van der Waals surface area contributed by atoms with Crippen LogP contribution in [-0.4, -0.2) is 38.4 Å². The third kappa shape index (κ3) is 5.17. The SMILES string of the molecule is CC(C)OCCCCNC(=O)C1(C#N)CCOCC1. The minimum Gasteiger partial charge on any atom is -0.381 e. The van der Waals surface area contributed by atoms with Gasteiger partial charge in [-0.3, -0.25) is 4.79 Å². The van der Waals surface area contributed by atoms with Gasteiger partial charge in [0.1, 0.15) is 5.41 Å². The van der Waals surface area contributed by atoms with Crippen LogP contribution in [0.1, 0.15) is 39.5 Å². The highest BCUT2D eigenvalue weighted by Gasteiger charge is 2.40. The van der Waals surface area contributed by atoms with Crippen LogP contribution in [0.15, 0.2) is 0 Å². The fourth-order valence-corrected chi connectivity index (χ4v) is 2.03. The Bertz CT molecular complexity index is 317. The van der Waals surface area contributed by atoms with E-state index in [9.17, 15) is 10.1 Å². The summed E-state index contributed by atoms with van der Waals surface area (Å²) in [6.07, 6.45) is 3.02. The van der Waals surface area contributed by atoms with Crippen LogP contribution < -0.4 is 5.32 Å². The maximum Gasteiger partial charge on any atom is 0.240 e. The summed E-state index contributed by atoms with van der Waals surface area (Å²) in [4.78, 5) is 12.1. The molecule has 5 nitrogen and oxygen atoms in total. The van der Waals surface area contributed by atoms with Crippen LogP contribution in [0.4, 0.5) is 0 Å². The van der Waals surface area contributed by atoms with Crippen LogP contribution in [0.5, 0.6) is 0 Å². The number of hydrogen-bond donors (Lipinski definition) is 1. The van der Waals surface area contributed by atoms with Crippen molar-refractivity contribution in [2.24, 2.45) is 5.41 Å². The molecule has 0 radical (unpaired) electrons. The Morgan fingerprint density at radius 3 is 2.68 bits per heavy atom. The van der Waals surface area contributed by atoms with Gasteiger partial charge in [-0.05, 0) is 39.5 Å². The van der Waals surface area contributed by atoms with E-state index in [-0.39, 0.29) is 12.0 Å². The molecule has 0 bridgehead atoms. The van der Waals surface area contributed by atoms with Crippen LogP contribution in [0.2, 0.25) is 0 Å². The van der Waals surface area contributed by atoms with Crippen molar-refractivity contribution in [1.29, 1.82) is 5.26 Å². The Morgan fingerprint density at radius 2 is 2.11 bits per heavy atom. The third-order valence-electron chi connectivity index (χ3n) is 3.30. The van der Waals surface area contributed by atoms with Crippen LogP contribution in [0, 0.1) is 16.7 Å². The lowest BCUT2D eigenvalue weighted by Crippen LogP contribution is -2.44. The molecule has 0 aromatic rings. The van der Waals surface area contributed by atoms with Crippen LogP contribution in [-0.2, 0) is 14.3 Å². The van der Waals surface area contributed by atoms with Crippen LogP contribution in [0.3, 0.4) is 0 Å².